The maximum Gasteiger partial charge on any atom is 0.293 e. The molecule has 1 atom stereocenters. The summed E-state index contributed by atoms with van der Waals surface area (Å²) in [4.78, 5) is 3.94. The highest BCUT2D eigenvalue weighted by molar-refractivity contribution is 7.73. The molecule has 0 N–H and O–H groups in total. The van der Waals surface area contributed by atoms with E-state index in [1.807, 2.05) is 29.9 Å². The highest BCUT2D eigenvalue weighted by Crippen LogP contribution is 2.38. The van der Waals surface area contributed by atoms with E-state index in [1.165, 1.54) is 27.3 Å². The van der Waals surface area contributed by atoms with Crippen LogP contribution in [0.1, 0.15) is 35.9 Å². The summed E-state index contributed by atoms with van der Waals surface area (Å²) < 4.78 is 8.37. The van der Waals surface area contributed by atoms with Crippen LogP contribution in [0.25, 0.3) is 0 Å². The molecule has 4 rings (SSSR count). The molecule has 1 unspecified atom stereocenters. The fourth-order valence-corrected chi connectivity index (χ4v) is 5.29. The first-order valence-electron chi connectivity index (χ1n) is 8.71. The number of benzene rings is 1. The van der Waals surface area contributed by atoms with Crippen molar-refractivity contribution in [2.45, 2.75) is 39.1 Å². The zero-order valence-corrected chi connectivity index (χ0v) is 17.2. The second-order valence-corrected chi connectivity index (χ2v) is 9.20. The largest absolute Gasteiger partial charge is 0.466 e. The van der Waals surface area contributed by atoms with Crippen molar-refractivity contribution in [3.63, 3.8) is 0 Å². The lowest BCUT2D eigenvalue weighted by Gasteiger charge is -2.35. The van der Waals surface area contributed by atoms with Gasteiger partial charge >= 0.3 is 0 Å². The lowest BCUT2D eigenvalue weighted by molar-refractivity contribution is 0.153. The van der Waals surface area contributed by atoms with Gasteiger partial charge < -0.3 is 4.74 Å². The highest BCUT2D eigenvalue weighted by Gasteiger charge is 2.30. The number of ether oxygens (including phenoxy) is 1. The van der Waals surface area contributed by atoms with E-state index in [1.54, 1.807) is 0 Å². The van der Waals surface area contributed by atoms with Crippen molar-refractivity contribution >= 4 is 34.9 Å². The molecule has 0 spiro atoms. The molecule has 136 valence electrons. The Kier molecular flexibility index (Phi) is 5.22. The Morgan fingerprint density at radius 3 is 2.85 bits per heavy atom. The van der Waals surface area contributed by atoms with Crippen LogP contribution in [0.15, 0.2) is 41.8 Å². The number of hydrogen-bond donors (Lipinski definition) is 0. The van der Waals surface area contributed by atoms with E-state index in [-0.39, 0.29) is 12.1 Å². The molecule has 1 aliphatic rings. The molecule has 26 heavy (non-hydrogen) atoms. The molecule has 0 radical (unpaired) electrons. The second kappa shape index (κ2) is 7.60. The Morgan fingerprint density at radius 2 is 2.08 bits per heavy atom. The first-order chi connectivity index (χ1) is 12.6. The Balaban J connectivity index is 1.65. The normalized spacial score (nSPS) is 17.4. The highest BCUT2D eigenvalue weighted by atomic mass is 32.1. The maximum absolute atomic E-state index is 5.72. The van der Waals surface area contributed by atoms with Crippen LogP contribution in [0.2, 0.25) is 0 Å². The molecule has 4 nitrogen and oxygen atoms in total. The van der Waals surface area contributed by atoms with Crippen molar-refractivity contribution in [3.8, 4) is 5.19 Å². The van der Waals surface area contributed by atoms with Crippen LogP contribution in [-0.4, -0.2) is 27.3 Å². The van der Waals surface area contributed by atoms with Crippen LogP contribution >= 0.6 is 34.9 Å². The van der Waals surface area contributed by atoms with E-state index in [0.717, 1.165) is 16.9 Å². The van der Waals surface area contributed by atoms with Gasteiger partial charge in [-0.2, -0.15) is 0 Å². The van der Waals surface area contributed by atoms with Crippen molar-refractivity contribution in [2.75, 3.05) is 6.54 Å². The SMILES string of the molecule is CC(C)Oc1nn(CN2CCc3sccc3C2c2ccccc2)c(=S)s1. The van der Waals surface area contributed by atoms with Crippen LogP contribution in [0.5, 0.6) is 5.19 Å². The van der Waals surface area contributed by atoms with E-state index in [0.29, 0.717) is 11.9 Å². The third-order valence-electron chi connectivity index (χ3n) is 4.42. The molecular formula is C19H21N3OS3. The predicted octanol–water partition coefficient (Wildman–Crippen LogP) is 5.13. The molecule has 0 amide bonds. The molecule has 0 aliphatic carbocycles. The van der Waals surface area contributed by atoms with Gasteiger partial charge in [0.2, 0.25) is 0 Å². The summed E-state index contributed by atoms with van der Waals surface area (Å²) in [5.74, 6) is 0. The maximum atomic E-state index is 5.72. The summed E-state index contributed by atoms with van der Waals surface area (Å²) in [6, 6.07) is 13.2. The van der Waals surface area contributed by atoms with Crippen LogP contribution in [0.4, 0.5) is 0 Å². The molecule has 0 saturated heterocycles. The molecular weight excluding hydrogens is 382 g/mol. The number of hydrogen-bond acceptors (Lipinski definition) is 6. The fraction of sp³-hybridized carbons (Fsp3) is 0.368. The van der Waals surface area contributed by atoms with Crippen molar-refractivity contribution < 1.29 is 4.74 Å². The van der Waals surface area contributed by atoms with Gasteiger partial charge in [0.1, 0.15) is 0 Å². The predicted molar refractivity (Wildman–Crippen MR) is 110 cm³/mol. The van der Waals surface area contributed by atoms with Crippen LogP contribution < -0.4 is 4.74 Å². The van der Waals surface area contributed by atoms with Gasteiger partial charge in [-0.05, 0) is 66.4 Å². The molecule has 3 aromatic rings. The number of fused-ring (bicyclic) bond motifs is 1. The summed E-state index contributed by atoms with van der Waals surface area (Å²) in [5, 5.41) is 7.43. The minimum absolute atomic E-state index is 0.101. The average molecular weight is 404 g/mol. The fourth-order valence-electron chi connectivity index (χ4n) is 3.34. The van der Waals surface area contributed by atoms with Gasteiger partial charge in [-0.3, -0.25) is 4.90 Å². The first kappa shape index (κ1) is 17.9. The summed E-state index contributed by atoms with van der Waals surface area (Å²) in [6.45, 7) is 5.67. The molecule has 2 aromatic heterocycles. The number of aromatic nitrogens is 2. The quantitative estimate of drug-likeness (QED) is 0.553. The Bertz CT molecular complexity index is 929. The standard InChI is InChI=1S/C19H21N3OS3/c1-13(2)23-18-20-22(19(24)26-18)12-21-10-8-16-15(9-11-25-16)17(21)14-6-4-3-5-7-14/h3-7,9,11,13,17H,8,10,12H2,1-2H3. The monoisotopic (exact) mass is 403 g/mol. The van der Waals surface area contributed by atoms with Crippen molar-refractivity contribution in [2.24, 2.45) is 0 Å². The van der Waals surface area contributed by atoms with Crippen LogP contribution in [-0.2, 0) is 13.1 Å². The zero-order valence-electron chi connectivity index (χ0n) is 14.8. The van der Waals surface area contributed by atoms with E-state index >= 15 is 0 Å². The molecule has 0 fully saturated rings. The number of rotatable bonds is 5. The molecule has 1 aliphatic heterocycles. The Morgan fingerprint density at radius 1 is 1.27 bits per heavy atom. The minimum Gasteiger partial charge on any atom is -0.466 e. The van der Waals surface area contributed by atoms with E-state index in [2.05, 4.69) is 51.8 Å². The van der Waals surface area contributed by atoms with Crippen molar-refractivity contribution in [1.29, 1.82) is 0 Å². The van der Waals surface area contributed by atoms with Gasteiger partial charge in [0.05, 0.1) is 18.8 Å². The number of nitrogens with zero attached hydrogens (tertiary/aromatic N) is 3. The van der Waals surface area contributed by atoms with Gasteiger partial charge in [0, 0.05) is 11.4 Å². The van der Waals surface area contributed by atoms with Crippen LogP contribution in [0.3, 0.4) is 0 Å². The lowest BCUT2D eigenvalue weighted by Crippen LogP contribution is -2.37. The van der Waals surface area contributed by atoms with Gasteiger partial charge in [0.25, 0.3) is 5.19 Å². The smallest absolute Gasteiger partial charge is 0.293 e. The lowest BCUT2D eigenvalue weighted by atomic mass is 9.94. The zero-order chi connectivity index (χ0) is 18.1. The third-order valence-corrected chi connectivity index (χ3v) is 6.62. The molecule has 0 bridgehead atoms. The molecule has 1 aromatic carbocycles. The third kappa shape index (κ3) is 3.62. The molecule has 0 saturated carbocycles. The first-order valence-corrected chi connectivity index (χ1v) is 10.8. The van der Waals surface area contributed by atoms with E-state index in [9.17, 15) is 0 Å². The Hall–Kier alpha value is -1.54. The number of thiophene rings is 1. The topological polar surface area (TPSA) is 30.3 Å². The van der Waals surface area contributed by atoms with Gasteiger partial charge in [-0.15, -0.1) is 16.4 Å². The van der Waals surface area contributed by atoms with Gasteiger partial charge in [-0.1, -0.05) is 30.3 Å². The van der Waals surface area contributed by atoms with E-state index < -0.39 is 0 Å². The van der Waals surface area contributed by atoms with Gasteiger partial charge in [-0.25, -0.2) is 4.68 Å². The minimum atomic E-state index is 0.101. The second-order valence-electron chi connectivity index (χ2n) is 6.62. The molecule has 7 heteroatoms. The summed E-state index contributed by atoms with van der Waals surface area (Å²) in [7, 11) is 0. The van der Waals surface area contributed by atoms with Crippen molar-refractivity contribution in [1.82, 2.24) is 14.7 Å². The summed E-state index contributed by atoms with van der Waals surface area (Å²) in [6.07, 6.45) is 1.17. The van der Waals surface area contributed by atoms with Gasteiger partial charge in [0.15, 0.2) is 3.95 Å². The Labute approximate surface area is 166 Å². The summed E-state index contributed by atoms with van der Waals surface area (Å²) >= 11 is 8.82. The average Bonchev–Trinajstić information content (AvgIpc) is 3.21. The van der Waals surface area contributed by atoms with E-state index in [4.69, 9.17) is 17.0 Å². The summed E-state index contributed by atoms with van der Waals surface area (Å²) in [5.41, 5.74) is 2.72. The molecule has 3 heterocycles. The van der Waals surface area contributed by atoms with Crippen LogP contribution in [0, 0.1) is 3.95 Å². The van der Waals surface area contributed by atoms with Crippen molar-refractivity contribution in [3.05, 3.63) is 61.7 Å².